The van der Waals surface area contributed by atoms with E-state index in [0.29, 0.717) is 10.1 Å². The molecule has 1 aromatic heterocycles. The van der Waals surface area contributed by atoms with E-state index in [2.05, 4.69) is 4.74 Å². The van der Waals surface area contributed by atoms with Gasteiger partial charge in [-0.05, 0) is 24.6 Å². The Balaban J connectivity index is 2.86. The van der Waals surface area contributed by atoms with Crippen molar-refractivity contribution in [1.29, 1.82) is 0 Å². The summed E-state index contributed by atoms with van der Waals surface area (Å²) in [7, 11) is 1.17. The smallest absolute Gasteiger partial charge is 0.346 e. The first kappa shape index (κ1) is 11.6. The zero-order valence-corrected chi connectivity index (χ0v) is 10.1. The monoisotopic (exact) mass is 250 g/mol. The SMILES string of the molecule is COC(=O)c1c(O)sc2cc(C)ccc2c1=O. The van der Waals surface area contributed by atoms with E-state index in [9.17, 15) is 14.7 Å². The van der Waals surface area contributed by atoms with Crippen molar-refractivity contribution in [2.45, 2.75) is 6.92 Å². The number of hydrogen-bond acceptors (Lipinski definition) is 5. The molecule has 17 heavy (non-hydrogen) atoms. The molecule has 0 saturated heterocycles. The van der Waals surface area contributed by atoms with Gasteiger partial charge in [-0.3, -0.25) is 4.79 Å². The zero-order valence-electron chi connectivity index (χ0n) is 9.31. The van der Waals surface area contributed by atoms with E-state index in [1.54, 1.807) is 18.2 Å². The highest BCUT2D eigenvalue weighted by atomic mass is 32.1. The molecule has 0 unspecified atom stereocenters. The number of aryl methyl sites for hydroxylation is 1. The molecule has 0 fully saturated rings. The molecule has 2 aromatic rings. The Kier molecular flexibility index (Phi) is 2.85. The summed E-state index contributed by atoms with van der Waals surface area (Å²) in [6, 6.07) is 5.23. The third-order valence-corrected chi connectivity index (χ3v) is 3.37. The van der Waals surface area contributed by atoms with E-state index in [0.717, 1.165) is 16.9 Å². The Bertz CT molecular complexity index is 657. The summed E-state index contributed by atoms with van der Waals surface area (Å²) in [4.78, 5) is 23.4. The van der Waals surface area contributed by atoms with Crippen molar-refractivity contribution in [1.82, 2.24) is 0 Å². The summed E-state index contributed by atoms with van der Waals surface area (Å²) in [5.74, 6) is -0.814. The summed E-state index contributed by atoms with van der Waals surface area (Å²) >= 11 is 0.995. The van der Waals surface area contributed by atoms with Crippen LogP contribution in [-0.2, 0) is 4.74 Å². The van der Waals surface area contributed by atoms with Gasteiger partial charge in [-0.15, -0.1) is 0 Å². The van der Waals surface area contributed by atoms with Gasteiger partial charge in [0, 0.05) is 10.1 Å². The largest absolute Gasteiger partial charge is 0.499 e. The number of carbonyl (C=O) groups excluding carboxylic acids is 1. The van der Waals surface area contributed by atoms with Crippen molar-refractivity contribution in [3.8, 4) is 5.06 Å². The molecule has 0 aliphatic carbocycles. The molecule has 0 spiro atoms. The van der Waals surface area contributed by atoms with E-state index < -0.39 is 11.4 Å². The lowest BCUT2D eigenvalue weighted by atomic mass is 10.1. The van der Waals surface area contributed by atoms with Crippen LogP contribution in [-0.4, -0.2) is 18.2 Å². The fraction of sp³-hybridized carbons (Fsp3) is 0.167. The van der Waals surface area contributed by atoms with Gasteiger partial charge in [-0.1, -0.05) is 17.4 Å². The van der Waals surface area contributed by atoms with Crippen LogP contribution >= 0.6 is 11.3 Å². The van der Waals surface area contributed by atoms with Gasteiger partial charge in [0.2, 0.25) is 5.43 Å². The molecule has 0 bridgehead atoms. The molecule has 0 amide bonds. The lowest BCUT2D eigenvalue weighted by Crippen LogP contribution is -2.15. The highest BCUT2D eigenvalue weighted by molar-refractivity contribution is 7.20. The van der Waals surface area contributed by atoms with Gasteiger partial charge in [0.25, 0.3) is 0 Å². The number of rotatable bonds is 1. The molecule has 0 radical (unpaired) electrons. The minimum absolute atomic E-state index is 0.297. The van der Waals surface area contributed by atoms with Crippen LogP contribution in [0, 0.1) is 6.92 Å². The molecule has 1 N–H and O–H groups in total. The lowest BCUT2D eigenvalue weighted by Gasteiger charge is -2.04. The van der Waals surface area contributed by atoms with Crippen LogP contribution in [0.2, 0.25) is 0 Å². The Morgan fingerprint density at radius 1 is 1.41 bits per heavy atom. The van der Waals surface area contributed by atoms with Crippen molar-refractivity contribution in [3.05, 3.63) is 39.5 Å². The molecular formula is C12H10O4S. The van der Waals surface area contributed by atoms with Crippen LogP contribution in [0.15, 0.2) is 23.0 Å². The summed E-state index contributed by atoms with van der Waals surface area (Å²) in [6.45, 7) is 1.89. The number of methoxy groups -OCH3 is 1. The second kappa shape index (κ2) is 4.18. The van der Waals surface area contributed by atoms with E-state index in [4.69, 9.17) is 0 Å². The minimum Gasteiger partial charge on any atom is -0.499 e. The maximum absolute atomic E-state index is 12.0. The third kappa shape index (κ3) is 1.89. The summed E-state index contributed by atoms with van der Waals surface area (Å²) in [5, 5.41) is 9.81. The molecule has 0 saturated carbocycles. The van der Waals surface area contributed by atoms with Crippen LogP contribution in [0.1, 0.15) is 15.9 Å². The Morgan fingerprint density at radius 2 is 2.12 bits per heavy atom. The van der Waals surface area contributed by atoms with Crippen molar-refractivity contribution < 1.29 is 14.6 Å². The Labute approximate surface area is 101 Å². The number of aromatic hydroxyl groups is 1. The molecule has 0 aliphatic rings. The van der Waals surface area contributed by atoms with Gasteiger partial charge in [-0.25, -0.2) is 4.79 Å². The van der Waals surface area contributed by atoms with Gasteiger partial charge in [0.05, 0.1) is 7.11 Å². The van der Waals surface area contributed by atoms with Gasteiger partial charge in [0.1, 0.15) is 0 Å². The molecule has 0 atom stereocenters. The molecule has 1 aromatic carbocycles. The average molecular weight is 250 g/mol. The second-order valence-corrected chi connectivity index (χ2v) is 4.63. The topological polar surface area (TPSA) is 63.6 Å². The highest BCUT2D eigenvalue weighted by Crippen LogP contribution is 2.28. The Hall–Kier alpha value is -1.88. The van der Waals surface area contributed by atoms with E-state index in [-0.39, 0.29) is 10.6 Å². The van der Waals surface area contributed by atoms with Crippen LogP contribution in [0.25, 0.3) is 10.1 Å². The maximum Gasteiger partial charge on any atom is 0.346 e. The van der Waals surface area contributed by atoms with Gasteiger partial charge in [-0.2, -0.15) is 0 Å². The quantitative estimate of drug-likeness (QED) is 0.787. The van der Waals surface area contributed by atoms with Crippen molar-refractivity contribution in [2.24, 2.45) is 0 Å². The number of ether oxygens (including phenoxy) is 1. The zero-order chi connectivity index (χ0) is 12.6. The first-order chi connectivity index (χ1) is 8.04. The summed E-state index contributed by atoms with van der Waals surface area (Å²) < 4.78 is 5.13. The second-order valence-electron chi connectivity index (χ2n) is 3.60. The van der Waals surface area contributed by atoms with E-state index in [1.807, 2.05) is 6.92 Å². The van der Waals surface area contributed by atoms with Crippen molar-refractivity contribution >= 4 is 27.4 Å². The third-order valence-electron chi connectivity index (χ3n) is 2.42. The summed E-state index contributed by atoms with van der Waals surface area (Å²) in [6.07, 6.45) is 0. The summed E-state index contributed by atoms with van der Waals surface area (Å²) in [5.41, 5.74) is 0.190. The normalized spacial score (nSPS) is 10.5. The average Bonchev–Trinajstić information content (AvgIpc) is 2.28. The molecular weight excluding hydrogens is 240 g/mol. The number of hydrogen-bond donors (Lipinski definition) is 1. The van der Waals surface area contributed by atoms with Crippen LogP contribution < -0.4 is 5.43 Å². The molecule has 0 aliphatic heterocycles. The van der Waals surface area contributed by atoms with E-state index >= 15 is 0 Å². The van der Waals surface area contributed by atoms with Gasteiger partial charge < -0.3 is 9.84 Å². The van der Waals surface area contributed by atoms with E-state index in [1.165, 1.54) is 7.11 Å². The highest BCUT2D eigenvalue weighted by Gasteiger charge is 2.19. The number of esters is 1. The fourth-order valence-corrected chi connectivity index (χ4v) is 2.57. The predicted octanol–water partition coefficient (Wildman–Crippen LogP) is 2.06. The van der Waals surface area contributed by atoms with Crippen LogP contribution in [0.4, 0.5) is 0 Å². The standard InChI is InChI=1S/C12H10O4S/c1-6-3-4-7-8(5-6)17-12(15)9(10(7)13)11(14)16-2/h3-5,15H,1-2H3. The van der Waals surface area contributed by atoms with Crippen molar-refractivity contribution in [3.63, 3.8) is 0 Å². The number of benzene rings is 1. The predicted molar refractivity (Wildman–Crippen MR) is 65.8 cm³/mol. The first-order valence-electron chi connectivity index (χ1n) is 4.89. The molecule has 4 nitrogen and oxygen atoms in total. The van der Waals surface area contributed by atoms with Crippen molar-refractivity contribution in [2.75, 3.05) is 7.11 Å². The first-order valence-corrected chi connectivity index (χ1v) is 5.71. The Morgan fingerprint density at radius 3 is 2.76 bits per heavy atom. The van der Waals surface area contributed by atoms with Crippen LogP contribution in [0.3, 0.4) is 0 Å². The number of carbonyl (C=O) groups is 1. The lowest BCUT2D eigenvalue weighted by molar-refractivity contribution is 0.0597. The van der Waals surface area contributed by atoms with Gasteiger partial charge in [0.15, 0.2) is 10.6 Å². The molecule has 88 valence electrons. The van der Waals surface area contributed by atoms with Crippen LogP contribution in [0.5, 0.6) is 5.06 Å². The number of fused-ring (bicyclic) bond motifs is 1. The molecule has 1 heterocycles. The maximum atomic E-state index is 12.0. The minimum atomic E-state index is -0.814. The van der Waals surface area contributed by atoms with Gasteiger partial charge >= 0.3 is 5.97 Å². The molecule has 5 heteroatoms. The fourth-order valence-electron chi connectivity index (χ4n) is 1.57. The molecule has 2 rings (SSSR count).